The number of halogens is 2. The maximum atomic E-state index is 9.59. The summed E-state index contributed by atoms with van der Waals surface area (Å²) in [5.41, 5.74) is 6.37. The van der Waals surface area contributed by atoms with E-state index in [2.05, 4.69) is 38.4 Å². The molecular weight excluding hydrogens is 298 g/mol. The first kappa shape index (κ1) is 10.8. The third-order valence-electron chi connectivity index (χ3n) is 1.66. The first-order valence-corrected chi connectivity index (χ1v) is 5.21. The second kappa shape index (κ2) is 4.26. The number of nitrogens with two attached hydrogens (primary N) is 1. The quantitative estimate of drug-likeness (QED) is 0.825. The summed E-state index contributed by atoms with van der Waals surface area (Å²) in [6.45, 7) is 3.57. The second-order valence-corrected chi connectivity index (χ2v) is 4.35. The zero-order chi connectivity index (χ0) is 10.0. The van der Waals surface area contributed by atoms with Gasteiger partial charge >= 0.3 is 0 Å². The number of phenolic OH excluding ortho intramolecular Hbond substituents is 1. The Labute approximate surface area is 93.7 Å². The van der Waals surface area contributed by atoms with Crippen molar-refractivity contribution < 1.29 is 5.11 Å². The van der Waals surface area contributed by atoms with Crippen LogP contribution in [0.15, 0.2) is 33.7 Å². The number of rotatable bonds is 2. The molecular formula is C9H9Br2NO. The van der Waals surface area contributed by atoms with Crippen LogP contribution in [0.5, 0.6) is 5.75 Å². The molecule has 4 heteroatoms. The van der Waals surface area contributed by atoms with Gasteiger partial charge in [-0.3, -0.25) is 0 Å². The lowest BCUT2D eigenvalue weighted by atomic mass is 10.1. The van der Waals surface area contributed by atoms with Crippen LogP contribution in [-0.2, 0) is 0 Å². The van der Waals surface area contributed by atoms with Crippen molar-refractivity contribution in [2.45, 2.75) is 6.04 Å². The SMILES string of the molecule is C=CC(N)c1c(O)cc(Br)cc1Br. The maximum absolute atomic E-state index is 9.59. The average molecular weight is 307 g/mol. The fraction of sp³-hybridized carbons (Fsp3) is 0.111. The standard InChI is InChI=1S/C9H9Br2NO/c1-2-7(12)9-6(11)3-5(10)4-8(9)13/h2-4,7,13H,1,12H2. The fourth-order valence-corrected chi connectivity index (χ4v) is 2.49. The zero-order valence-electron chi connectivity index (χ0n) is 6.80. The van der Waals surface area contributed by atoms with Gasteiger partial charge < -0.3 is 10.8 Å². The first-order valence-electron chi connectivity index (χ1n) is 3.62. The molecule has 1 unspecified atom stereocenters. The summed E-state index contributed by atoms with van der Waals surface area (Å²) in [5.74, 6) is 0.161. The van der Waals surface area contributed by atoms with Gasteiger partial charge in [-0.1, -0.05) is 37.9 Å². The largest absolute Gasteiger partial charge is 0.508 e. The number of phenols is 1. The molecule has 0 aliphatic carbocycles. The number of benzene rings is 1. The molecule has 0 saturated carbocycles. The van der Waals surface area contributed by atoms with Crippen LogP contribution in [0.2, 0.25) is 0 Å². The Morgan fingerprint density at radius 1 is 1.46 bits per heavy atom. The molecule has 2 nitrogen and oxygen atoms in total. The Balaban J connectivity index is 3.28. The summed E-state index contributed by atoms with van der Waals surface area (Å²) in [6.07, 6.45) is 1.58. The summed E-state index contributed by atoms with van der Waals surface area (Å²) in [5, 5.41) is 9.59. The van der Waals surface area contributed by atoms with Crippen LogP contribution in [0.25, 0.3) is 0 Å². The van der Waals surface area contributed by atoms with Crippen LogP contribution in [-0.4, -0.2) is 5.11 Å². The Morgan fingerprint density at radius 3 is 2.54 bits per heavy atom. The zero-order valence-corrected chi connectivity index (χ0v) is 9.97. The predicted molar refractivity (Wildman–Crippen MR) is 60.6 cm³/mol. The van der Waals surface area contributed by atoms with Crippen LogP contribution in [0.4, 0.5) is 0 Å². The van der Waals surface area contributed by atoms with E-state index in [0.29, 0.717) is 5.56 Å². The van der Waals surface area contributed by atoms with Gasteiger partial charge in [-0.15, -0.1) is 6.58 Å². The van der Waals surface area contributed by atoms with Crippen LogP contribution in [0, 0.1) is 0 Å². The van der Waals surface area contributed by atoms with Crippen LogP contribution in [0.3, 0.4) is 0 Å². The molecule has 1 atom stereocenters. The predicted octanol–water partition coefficient (Wildman–Crippen LogP) is 3.10. The van der Waals surface area contributed by atoms with E-state index in [1.807, 2.05) is 6.07 Å². The van der Waals surface area contributed by atoms with E-state index >= 15 is 0 Å². The van der Waals surface area contributed by atoms with E-state index in [1.165, 1.54) is 0 Å². The van der Waals surface area contributed by atoms with Crippen LogP contribution in [0.1, 0.15) is 11.6 Å². The number of hydrogen-bond acceptors (Lipinski definition) is 2. The van der Waals surface area contributed by atoms with Gasteiger partial charge in [0, 0.05) is 14.5 Å². The van der Waals surface area contributed by atoms with Crippen molar-refractivity contribution in [1.82, 2.24) is 0 Å². The lowest BCUT2D eigenvalue weighted by molar-refractivity contribution is 0.465. The summed E-state index contributed by atoms with van der Waals surface area (Å²) in [7, 11) is 0. The third kappa shape index (κ3) is 2.33. The van der Waals surface area contributed by atoms with Gasteiger partial charge in [0.2, 0.25) is 0 Å². The molecule has 0 radical (unpaired) electrons. The molecule has 0 heterocycles. The van der Waals surface area contributed by atoms with Gasteiger partial charge in [-0.05, 0) is 12.1 Å². The summed E-state index contributed by atoms with van der Waals surface area (Å²) in [4.78, 5) is 0. The monoisotopic (exact) mass is 305 g/mol. The molecule has 0 amide bonds. The third-order valence-corrected chi connectivity index (χ3v) is 2.77. The molecule has 0 bridgehead atoms. The Morgan fingerprint density at radius 2 is 2.08 bits per heavy atom. The van der Waals surface area contributed by atoms with Crippen molar-refractivity contribution in [2.24, 2.45) is 5.73 Å². The van der Waals surface area contributed by atoms with Gasteiger partial charge in [-0.2, -0.15) is 0 Å². The number of hydrogen-bond donors (Lipinski definition) is 2. The van der Waals surface area contributed by atoms with Gasteiger partial charge in [-0.25, -0.2) is 0 Å². The molecule has 0 spiro atoms. The minimum atomic E-state index is -0.359. The van der Waals surface area contributed by atoms with Gasteiger partial charge in [0.05, 0.1) is 6.04 Å². The van der Waals surface area contributed by atoms with Gasteiger partial charge in [0.1, 0.15) is 5.75 Å². The van der Waals surface area contributed by atoms with E-state index in [4.69, 9.17) is 5.73 Å². The lowest BCUT2D eigenvalue weighted by Gasteiger charge is -2.11. The molecule has 0 saturated heterocycles. The van der Waals surface area contributed by atoms with Crippen molar-refractivity contribution in [2.75, 3.05) is 0 Å². The minimum Gasteiger partial charge on any atom is -0.508 e. The molecule has 70 valence electrons. The highest BCUT2D eigenvalue weighted by Crippen LogP contribution is 2.34. The smallest absolute Gasteiger partial charge is 0.122 e. The molecule has 0 aliphatic heterocycles. The van der Waals surface area contributed by atoms with Gasteiger partial charge in [0.15, 0.2) is 0 Å². The summed E-state index contributed by atoms with van der Waals surface area (Å²) >= 11 is 6.58. The lowest BCUT2D eigenvalue weighted by Crippen LogP contribution is -2.07. The van der Waals surface area contributed by atoms with Crippen molar-refractivity contribution in [3.05, 3.63) is 39.3 Å². The van der Waals surface area contributed by atoms with Crippen molar-refractivity contribution in [3.8, 4) is 5.75 Å². The van der Waals surface area contributed by atoms with E-state index < -0.39 is 0 Å². The molecule has 1 aromatic rings. The van der Waals surface area contributed by atoms with Crippen molar-refractivity contribution in [3.63, 3.8) is 0 Å². The molecule has 0 fully saturated rings. The molecule has 1 aromatic carbocycles. The Hall–Kier alpha value is -0.320. The second-order valence-electron chi connectivity index (χ2n) is 2.58. The minimum absolute atomic E-state index is 0.161. The van der Waals surface area contributed by atoms with E-state index in [9.17, 15) is 5.11 Å². The van der Waals surface area contributed by atoms with Crippen molar-refractivity contribution >= 4 is 31.9 Å². The fourth-order valence-electron chi connectivity index (χ4n) is 1.02. The van der Waals surface area contributed by atoms with Crippen LogP contribution >= 0.6 is 31.9 Å². The highest BCUT2D eigenvalue weighted by molar-refractivity contribution is 9.11. The molecule has 0 aromatic heterocycles. The molecule has 13 heavy (non-hydrogen) atoms. The molecule has 0 aliphatic rings. The summed E-state index contributed by atoms with van der Waals surface area (Å²) < 4.78 is 1.57. The van der Waals surface area contributed by atoms with Gasteiger partial charge in [0.25, 0.3) is 0 Å². The first-order chi connectivity index (χ1) is 6.06. The summed E-state index contributed by atoms with van der Waals surface area (Å²) in [6, 6.07) is 3.07. The molecule has 1 rings (SSSR count). The van der Waals surface area contributed by atoms with Crippen molar-refractivity contribution in [1.29, 1.82) is 0 Å². The number of aromatic hydroxyl groups is 1. The maximum Gasteiger partial charge on any atom is 0.122 e. The van der Waals surface area contributed by atoms with Crippen LogP contribution < -0.4 is 5.73 Å². The topological polar surface area (TPSA) is 46.2 Å². The van der Waals surface area contributed by atoms with E-state index in [-0.39, 0.29) is 11.8 Å². The Bertz CT molecular complexity index is 315. The highest BCUT2D eigenvalue weighted by atomic mass is 79.9. The van der Waals surface area contributed by atoms with E-state index in [1.54, 1.807) is 12.1 Å². The Kier molecular flexibility index (Phi) is 3.53. The highest BCUT2D eigenvalue weighted by Gasteiger charge is 2.12. The normalized spacial score (nSPS) is 12.5. The molecule has 3 N–H and O–H groups in total. The average Bonchev–Trinajstić information content (AvgIpc) is 2.02. The van der Waals surface area contributed by atoms with E-state index in [0.717, 1.165) is 8.95 Å².